The Bertz CT molecular complexity index is 777. The summed E-state index contributed by atoms with van der Waals surface area (Å²) in [4.78, 5) is 19.2. The number of methoxy groups -OCH3 is 2. The van der Waals surface area contributed by atoms with Gasteiger partial charge in [0.2, 0.25) is 0 Å². The molecule has 1 aliphatic heterocycles. The number of hydrogen-bond donors (Lipinski definition) is 1. The Morgan fingerprint density at radius 1 is 1.22 bits per heavy atom. The second kappa shape index (κ2) is 8.75. The molecule has 1 aliphatic rings. The first-order valence-corrected chi connectivity index (χ1v) is 9.42. The zero-order valence-electron chi connectivity index (χ0n) is 16.2. The number of rotatable bonds is 6. The molecule has 1 aromatic heterocycles. The molecule has 1 amide bonds. The number of nitrogens with one attached hydrogen (secondary N) is 1. The van der Waals surface area contributed by atoms with E-state index in [9.17, 15) is 4.79 Å². The van der Waals surface area contributed by atoms with Crippen molar-refractivity contribution in [3.8, 4) is 11.5 Å². The van der Waals surface area contributed by atoms with E-state index in [1.54, 1.807) is 26.5 Å². The van der Waals surface area contributed by atoms with E-state index in [1.807, 2.05) is 29.2 Å². The normalized spacial score (nSPS) is 16.7. The number of likely N-dealkylation sites (tertiary alicyclic amines) is 1. The van der Waals surface area contributed by atoms with Crippen LogP contribution in [0.25, 0.3) is 0 Å². The predicted molar refractivity (Wildman–Crippen MR) is 106 cm³/mol. The first-order chi connectivity index (χ1) is 13.2. The molecular weight excluding hydrogens is 342 g/mol. The minimum Gasteiger partial charge on any atom is -0.497 e. The summed E-state index contributed by atoms with van der Waals surface area (Å²) < 4.78 is 10.6. The third kappa shape index (κ3) is 4.32. The molecule has 1 atom stereocenters. The Balaban J connectivity index is 1.73. The first kappa shape index (κ1) is 19.0. The quantitative estimate of drug-likeness (QED) is 0.825. The van der Waals surface area contributed by atoms with Crippen molar-refractivity contribution in [3.05, 3.63) is 42.2 Å². The number of nitrogens with zero attached hydrogens (tertiary/aromatic N) is 2. The van der Waals surface area contributed by atoms with E-state index >= 15 is 0 Å². The minimum atomic E-state index is 0.0233. The summed E-state index contributed by atoms with van der Waals surface area (Å²) in [6.07, 6.45) is 6.02. The second-order valence-electron chi connectivity index (χ2n) is 6.68. The molecule has 1 fully saturated rings. The van der Waals surface area contributed by atoms with E-state index in [-0.39, 0.29) is 5.91 Å². The van der Waals surface area contributed by atoms with Crippen LogP contribution < -0.4 is 14.8 Å². The molecule has 144 valence electrons. The monoisotopic (exact) mass is 369 g/mol. The van der Waals surface area contributed by atoms with Crippen LogP contribution in [0.4, 0.5) is 11.4 Å². The van der Waals surface area contributed by atoms with Gasteiger partial charge in [0.1, 0.15) is 17.2 Å². The number of hydrogen-bond acceptors (Lipinski definition) is 5. The lowest BCUT2D eigenvalue weighted by molar-refractivity contribution is 0.0602. The van der Waals surface area contributed by atoms with Crippen LogP contribution in [-0.4, -0.2) is 42.6 Å². The molecule has 0 saturated carbocycles. The van der Waals surface area contributed by atoms with Gasteiger partial charge in [-0.05, 0) is 49.9 Å². The zero-order chi connectivity index (χ0) is 19.2. The van der Waals surface area contributed by atoms with Crippen molar-refractivity contribution in [3.63, 3.8) is 0 Å². The van der Waals surface area contributed by atoms with Crippen LogP contribution >= 0.6 is 0 Å². The summed E-state index contributed by atoms with van der Waals surface area (Å²) in [5, 5.41) is 3.27. The van der Waals surface area contributed by atoms with Gasteiger partial charge in [-0.2, -0.15) is 0 Å². The number of carbonyl (C=O) groups excluding carboxylic acids is 1. The molecule has 2 heterocycles. The van der Waals surface area contributed by atoms with Crippen LogP contribution in [0.5, 0.6) is 11.5 Å². The fraction of sp³-hybridized carbons (Fsp3) is 0.429. The highest BCUT2D eigenvalue weighted by atomic mass is 16.5. The highest BCUT2D eigenvalue weighted by Crippen LogP contribution is 2.31. The van der Waals surface area contributed by atoms with Crippen LogP contribution in [0.2, 0.25) is 0 Å². The Morgan fingerprint density at radius 2 is 2.07 bits per heavy atom. The molecule has 0 aliphatic carbocycles. The number of piperidine rings is 1. The number of pyridine rings is 1. The molecular formula is C21H27N3O3. The fourth-order valence-electron chi connectivity index (χ4n) is 3.49. The zero-order valence-corrected chi connectivity index (χ0v) is 16.2. The number of ether oxygens (including phenoxy) is 2. The predicted octanol–water partition coefficient (Wildman–Crippen LogP) is 4.25. The van der Waals surface area contributed by atoms with E-state index in [0.717, 1.165) is 42.9 Å². The molecule has 2 aromatic rings. The van der Waals surface area contributed by atoms with Gasteiger partial charge in [0.15, 0.2) is 0 Å². The van der Waals surface area contributed by atoms with Crippen molar-refractivity contribution < 1.29 is 14.3 Å². The summed E-state index contributed by atoms with van der Waals surface area (Å²) >= 11 is 0. The van der Waals surface area contributed by atoms with E-state index in [2.05, 4.69) is 17.2 Å². The average Bonchev–Trinajstić information content (AvgIpc) is 2.74. The van der Waals surface area contributed by atoms with Crippen molar-refractivity contribution in [2.75, 3.05) is 26.1 Å². The molecule has 1 aromatic carbocycles. The molecule has 0 spiro atoms. The number of anilines is 2. The first-order valence-electron chi connectivity index (χ1n) is 9.42. The van der Waals surface area contributed by atoms with Gasteiger partial charge in [-0.1, -0.05) is 6.92 Å². The van der Waals surface area contributed by atoms with Crippen LogP contribution in [0.3, 0.4) is 0 Å². The summed E-state index contributed by atoms with van der Waals surface area (Å²) in [5.41, 5.74) is 2.09. The SMILES string of the molecule is CCC1CCCCN1C(=O)c1ccc(Nc2ccc(OC)cc2OC)cn1. The molecule has 1 saturated heterocycles. The van der Waals surface area contributed by atoms with E-state index in [4.69, 9.17) is 9.47 Å². The highest BCUT2D eigenvalue weighted by Gasteiger charge is 2.26. The molecule has 3 rings (SSSR count). The highest BCUT2D eigenvalue weighted by molar-refractivity contribution is 5.92. The van der Waals surface area contributed by atoms with Gasteiger partial charge in [-0.15, -0.1) is 0 Å². The Hall–Kier alpha value is -2.76. The third-order valence-electron chi connectivity index (χ3n) is 5.03. The molecule has 1 unspecified atom stereocenters. The largest absolute Gasteiger partial charge is 0.497 e. The molecule has 27 heavy (non-hydrogen) atoms. The molecule has 0 radical (unpaired) electrons. The van der Waals surface area contributed by atoms with Crippen molar-refractivity contribution in [1.29, 1.82) is 0 Å². The third-order valence-corrected chi connectivity index (χ3v) is 5.03. The number of aromatic nitrogens is 1. The van der Waals surface area contributed by atoms with Gasteiger partial charge in [0, 0.05) is 18.7 Å². The lowest BCUT2D eigenvalue weighted by Gasteiger charge is -2.35. The van der Waals surface area contributed by atoms with Crippen molar-refractivity contribution in [2.45, 2.75) is 38.6 Å². The fourth-order valence-corrected chi connectivity index (χ4v) is 3.49. The maximum absolute atomic E-state index is 12.8. The van der Waals surface area contributed by atoms with E-state index in [0.29, 0.717) is 17.5 Å². The summed E-state index contributed by atoms with van der Waals surface area (Å²) in [5.74, 6) is 1.42. The lowest BCUT2D eigenvalue weighted by Crippen LogP contribution is -2.43. The van der Waals surface area contributed by atoms with Gasteiger partial charge in [0.25, 0.3) is 5.91 Å². The Labute approximate surface area is 160 Å². The van der Waals surface area contributed by atoms with Gasteiger partial charge < -0.3 is 19.7 Å². The summed E-state index contributed by atoms with van der Waals surface area (Å²) in [6, 6.07) is 9.54. The van der Waals surface area contributed by atoms with Crippen molar-refractivity contribution >= 4 is 17.3 Å². The molecule has 0 bridgehead atoms. The standard InChI is InChI=1S/C21H27N3O3/c1-4-16-7-5-6-12-24(16)21(25)19-10-8-15(14-22-19)23-18-11-9-17(26-2)13-20(18)27-3/h8-11,13-14,16,23H,4-7,12H2,1-3H3. The Morgan fingerprint density at radius 3 is 2.74 bits per heavy atom. The smallest absolute Gasteiger partial charge is 0.272 e. The van der Waals surface area contributed by atoms with Gasteiger partial charge in [0.05, 0.1) is 31.8 Å². The second-order valence-corrected chi connectivity index (χ2v) is 6.68. The average molecular weight is 369 g/mol. The van der Waals surface area contributed by atoms with E-state index < -0.39 is 0 Å². The van der Waals surface area contributed by atoms with Crippen LogP contribution in [-0.2, 0) is 0 Å². The van der Waals surface area contributed by atoms with Crippen LogP contribution in [0, 0.1) is 0 Å². The minimum absolute atomic E-state index is 0.0233. The number of amides is 1. The Kier molecular flexibility index (Phi) is 6.16. The topological polar surface area (TPSA) is 63.7 Å². The number of benzene rings is 1. The summed E-state index contributed by atoms with van der Waals surface area (Å²) in [6.45, 7) is 2.96. The lowest BCUT2D eigenvalue weighted by atomic mass is 9.99. The molecule has 6 heteroatoms. The van der Waals surface area contributed by atoms with Gasteiger partial charge in [-0.3, -0.25) is 4.79 Å². The summed E-state index contributed by atoms with van der Waals surface area (Å²) in [7, 11) is 3.23. The van der Waals surface area contributed by atoms with Crippen LogP contribution in [0.15, 0.2) is 36.5 Å². The van der Waals surface area contributed by atoms with Crippen molar-refractivity contribution in [2.24, 2.45) is 0 Å². The molecule has 1 N–H and O–H groups in total. The van der Waals surface area contributed by atoms with Crippen molar-refractivity contribution in [1.82, 2.24) is 9.88 Å². The van der Waals surface area contributed by atoms with E-state index in [1.165, 1.54) is 6.42 Å². The van der Waals surface area contributed by atoms with Gasteiger partial charge >= 0.3 is 0 Å². The van der Waals surface area contributed by atoms with Crippen LogP contribution in [0.1, 0.15) is 43.1 Å². The number of carbonyl (C=O) groups is 1. The maximum atomic E-state index is 12.8. The van der Waals surface area contributed by atoms with Gasteiger partial charge in [-0.25, -0.2) is 4.98 Å². The maximum Gasteiger partial charge on any atom is 0.272 e. The molecule has 6 nitrogen and oxygen atoms in total.